The van der Waals surface area contributed by atoms with Gasteiger partial charge in [-0.1, -0.05) is 0 Å². The summed E-state index contributed by atoms with van der Waals surface area (Å²) in [7, 11) is 0. The molecule has 16 heavy (non-hydrogen) atoms. The molecule has 0 heterocycles. The number of rotatable bonds is 4. The highest BCUT2D eigenvalue weighted by Gasteiger charge is 2.03. The second-order valence-corrected chi connectivity index (χ2v) is 3.34. The number of aryl methyl sites for hydroxylation is 1. The molecule has 86 valence electrons. The van der Waals surface area contributed by atoms with Gasteiger partial charge in [-0.2, -0.15) is 0 Å². The minimum Gasteiger partial charge on any atom is -0.482 e. The molecule has 1 rings (SSSR count). The van der Waals surface area contributed by atoms with Crippen molar-refractivity contribution in [3.8, 4) is 5.75 Å². The van der Waals surface area contributed by atoms with E-state index in [9.17, 15) is 9.59 Å². The Bertz CT molecular complexity index is 414. The first kappa shape index (κ1) is 12.0. The van der Waals surface area contributed by atoms with Gasteiger partial charge in [0.2, 0.25) is 5.91 Å². The number of hydrogen-bond acceptors (Lipinski definition) is 3. The summed E-state index contributed by atoms with van der Waals surface area (Å²) in [5.41, 5.74) is 1.51. The van der Waals surface area contributed by atoms with Gasteiger partial charge in [-0.15, -0.1) is 0 Å². The van der Waals surface area contributed by atoms with Crippen molar-refractivity contribution in [3.05, 3.63) is 23.8 Å². The molecule has 0 saturated heterocycles. The van der Waals surface area contributed by atoms with Crippen LogP contribution in [0.1, 0.15) is 12.5 Å². The summed E-state index contributed by atoms with van der Waals surface area (Å²) in [4.78, 5) is 21.1. The molecule has 0 saturated carbocycles. The van der Waals surface area contributed by atoms with Crippen molar-refractivity contribution in [2.24, 2.45) is 0 Å². The lowest BCUT2D eigenvalue weighted by atomic mass is 10.2. The van der Waals surface area contributed by atoms with E-state index in [2.05, 4.69) is 5.32 Å². The van der Waals surface area contributed by atoms with E-state index in [0.29, 0.717) is 11.4 Å². The molecule has 0 radical (unpaired) electrons. The fraction of sp³-hybridized carbons (Fsp3) is 0.273. The van der Waals surface area contributed by atoms with Gasteiger partial charge in [-0.05, 0) is 30.7 Å². The number of carbonyl (C=O) groups excluding carboxylic acids is 1. The minimum absolute atomic E-state index is 0.151. The molecule has 2 N–H and O–H groups in total. The van der Waals surface area contributed by atoms with Gasteiger partial charge >= 0.3 is 5.97 Å². The zero-order valence-corrected chi connectivity index (χ0v) is 9.11. The Labute approximate surface area is 93.0 Å². The summed E-state index contributed by atoms with van der Waals surface area (Å²) >= 11 is 0. The molecule has 5 nitrogen and oxygen atoms in total. The first-order valence-electron chi connectivity index (χ1n) is 4.72. The monoisotopic (exact) mass is 223 g/mol. The lowest BCUT2D eigenvalue weighted by Crippen LogP contribution is -2.10. The van der Waals surface area contributed by atoms with Crippen LogP contribution in [0.4, 0.5) is 5.69 Å². The number of hydrogen-bond donors (Lipinski definition) is 2. The topological polar surface area (TPSA) is 75.6 Å². The molecule has 0 spiro atoms. The van der Waals surface area contributed by atoms with Gasteiger partial charge in [0, 0.05) is 12.6 Å². The Morgan fingerprint density at radius 2 is 2.12 bits per heavy atom. The van der Waals surface area contributed by atoms with Gasteiger partial charge in [0.25, 0.3) is 0 Å². The largest absolute Gasteiger partial charge is 0.482 e. The van der Waals surface area contributed by atoms with E-state index >= 15 is 0 Å². The number of aliphatic carboxylic acids is 1. The number of benzene rings is 1. The molecule has 1 aromatic rings. The number of ether oxygens (including phenoxy) is 1. The molecular weight excluding hydrogens is 210 g/mol. The predicted molar refractivity (Wildman–Crippen MR) is 58.6 cm³/mol. The first-order valence-corrected chi connectivity index (χ1v) is 4.72. The van der Waals surface area contributed by atoms with Gasteiger partial charge < -0.3 is 15.2 Å². The van der Waals surface area contributed by atoms with Crippen molar-refractivity contribution in [2.45, 2.75) is 13.8 Å². The second kappa shape index (κ2) is 5.16. The third-order valence-corrected chi connectivity index (χ3v) is 1.87. The molecule has 5 heteroatoms. The summed E-state index contributed by atoms with van der Waals surface area (Å²) in [5.74, 6) is -0.708. The van der Waals surface area contributed by atoms with Crippen LogP contribution in [0.2, 0.25) is 0 Å². The van der Waals surface area contributed by atoms with Crippen LogP contribution in [0.5, 0.6) is 5.75 Å². The van der Waals surface area contributed by atoms with Gasteiger partial charge in [0.05, 0.1) is 0 Å². The normalized spacial score (nSPS) is 9.62. The molecule has 0 aromatic heterocycles. The van der Waals surface area contributed by atoms with Crippen LogP contribution in [0.25, 0.3) is 0 Å². The van der Waals surface area contributed by atoms with Crippen LogP contribution in [0.15, 0.2) is 18.2 Å². The lowest BCUT2D eigenvalue weighted by Gasteiger charge is -2.09. The Hall–Kier alpha value is -2.04. The van der Waals surface area contributed by atoms with Gasteiger partial charge in [0.1, 0.15) is 5.75 Å². The fourth-order valence-electron chi connectivity index (χ4n) is 1.20. The highest BCUT2D eigenvalue weighted by Crippen LogP contribution is 2.21. The van der Waals surface area contributed by atoms with Gasteiger partial charge in [0.15, 0.2) is 6.61 Å². The zero-order valence-electron chi connectivity index (χ0n) is 9.11. The average molecular weight is 223 g/mol. The van der Waals surface area contributed by atoms with Crippen molar-refractivity contribution in [1.82, 2.24) is 0 Å². The van der Waals surface area contributed by atoms with E-state index in [1.807, 2.05) is 0 Å². The van der Waals surface area contributed by atoms with E-state index < -0.39 is 5.97 Å². The van der Waals surface area contributed by atoms with Crippen molar-refractivity contribution in [3.63, 3.8) is 0 Å². The smallest absolute Gasteiger partial charge is 0.341 e. The van der Waals surface area contributed by atoms with Crippen molar-refractivity contribution < 1.29 is 19.4 Å². The molecule has 0 atom stereocenters. The quantitative estimate of drug-likeness (QED) is 0.809. The number of amides is 1. The Morgan fingerprint density at radius 1 is 1.44 bits per heavy atom. The van der Waals surface area contributed by atoms with Crippen molar-refractivity contribution in [1.29, 1.82) is 0 Å². The third-order valence-electron chi connectivity index (χ3n) is 1.87. The zero-order chi connectivity index (χ0) is 12.1. The van der Waals surface area contributed by atoms with Crippen LogP contribution < -0.4 is 10.1 Å². The standard InChI is InChI=1S/C11H13NO4/c1-7-5-9(16-6-11(14)15)3-4-10(7)12-8(2)13/h3-5H,6H2,1-2H3,(H,12,13)(H,14,15). The molecule has 0 unspecified atom stereocenters. The third kappa shape index (κ3) is 3.61. The predicted octanol–water partition coefficient (Wildman–Crippen LogP) is 1.42. The molecule has 0 aliphatic carbocycles. The lowest BCUT2D eigenvalue weighted by molar-refractivity contribution is -0.139. The average Bonchev–Trinajstić information content (AvgIpc) is 2.18. The molecule has 0 aliphatic heterocycles. The number of anilines is 1. The van der Waals surface area contributed by atoms with Crippen LogP contribution >= 0.6 is 0 Å². The van der Waals surface area contributed by atoms with E-state index in [0.717, 1.165) is 5.56 Å². The molecule has 1 aromatic carbocycles. The number of carboxylic acids is 1. The first-order chi connectivity index (χ1) is 7.49. The van der Waals surface area contributed by atoms with Gasteiger partial charge in [-0.25, -0.2) is 4.79 Å². The molecule has 0 aliphatic rings. The summed E-state index contributed by atoms with van der Waals surface area (Å²) in [6.07, 6.45) is 0. The Balaban J connectivity index is 2.74. The molecule has 0 bridgehead atoms. The molecule has 0 fully saturated rings. The van der Waals surface area contributed by atoms with E-state index in [-0.39, 0.29) is 12.5 Å². The number of nitrogens with one attached hydrogen (secondary N) is 1. The van der Waals surface area contributed by atoms with Crippen LogP contribution in [0, 0.1) is 6.92 Å². The van der Waals surface area contributed by atoms with Gasteiger partial charge in [-0.3, -0.25) is 4.79 Å². The molecular formula is C11H13NO4. The summed E-state index contributed by atoms with van der Waals surface area (Å²) < 4.78 is 5.00. The summed E-state index contributed by atoms with van der Waals surface area (Å²) in [6.45, 7) is 2.85. The van der Waals surface area contributed by atoms with Crippen LogP contribution in [0.3, 0.4) is 0 Å². The van der Waals surface area contributed by atoms with Crippen molar-refractivity contribution in [2.75, 3.05) is 11.9 Å². The maximum atomic E-state index is 10.8. The van der Waals surface area contributed by atoms with Crippen LogP contribution in [-0.4, -0.2) is 23.6 Å². The SMILES string of the molecule is CC(=O)Nc1ccc(OCC(=O)O)cc1C. The van der Waals surface area contributed by atoms with E-state index in [1.165, 1.54) is 6.92 Å². The summed E-state index contributed by atoms with van der Waals surface area (Å²) in [5, 5.41) is 11.1. The minimum atomic E-state index is -1.02. The van der Waals surface area contributed by atoms with E-state index in [4.69, 9.17) is 9.84 Å². The fourth-order valence-corrected chi connectivity index (χ4v) is 1.20. The highest BCUT2D eigenvalue weighted by atomic mass is 16.5. The second-order valence-electron chi connectivity index (χ2n) is 3.34. The maximum absolute atomic E-state index is 10.8. The molecule has 1 amide bonds. The number of carboxylic acid groups (broad SMARTS) is 1. The Kier molecular flexibility index (Phi) is 3.88. The summed E-state index contributed by atoms with van der Waals surface area (Å²) in [6, 6.07) is 4.96. The highest BCUT2D eigenvalue weighted by molar-refractivity contribution is 5.89. The van der Waals surface area contributed by atoms with Crippen LogP contribution in [-0.2, 0) is 9.59 Å². The number of carbonyl (C=O) groups is 2. The van der Waals surface area contributed by atoms with E-state index in [1.54, 1.807) is 25.1 Å². The Morgan fingerprint density at radius 3 is 2.62 bits per heavy atom. The maximum Gasteiger partial charge on any atom is 0.341 e. The van der Waals surface area contributed by atoms with Crippen molar-refractivity contribution >= 4 is 17.6 Å².